The van der Waals surface area contributed by atoms with Gasteiger partial charge in [0.1, 0.15) is 0 Å². The summed E-state index contributed by atoms with van der Waals surface area (Å²) in [4.78, 5) is 2.30. The molecule has 0 bridgehead atoms. The van der Waals surface area contributed by atoms with Gasteiger partial charge in [0.2, 0.25) is 0 Å². The first-order valence-electron chi connectivity index (χ1n) is 6.00. The van der Waals surface area contributed by atoms with Crippen molar-refractivity contribution < 1.29 is 0 Å². The second kappa shape index (κ2) is 5.91. The molecule has 2 rings (SSSR count). The Morgan fingerprint density at radius 3 is 2.44 bits per heavy atom. The van der Waals surface area contributed by atoms with E-state index in [9.17, 15) is 0 Å². The van der Waals surface area contributed by atoms with Gasteiger partial charge in [-0.2, -0.15) is 5.10 Å². The van der Waals surface area contributed by atoms with Gasteiger partial charge in [-0.15, -0.1) is 0 Å². The Labute approximate surface area is 118 Å². The third-order valence-corrected chi connectivity index (χ3v) is 3.64. The predicted molar refractivity (Wildman–Crippen MR) is 77.7 cm³/mol. The molecule has 0 N–H and O–H groups in total. The van der Waals surface area contributed by atoms with E-state index in [1.165, 1.54) is 0 Å². The molecule has 3 nitrogen and oxygen atoms in total. The fraction of sp³-hybridized carbons (Fsp3) is 0.462. The van der Waals surface area contributed by atoms with Crippen LogP contribution in [0.5, 0.6) is 0 Å². The maximum absolute atomic E-state index is 6.17. The summed E-state index contributed by atoms with van der Waals surface area (Å²) in [6, 6.07) is 5.51. The third-order valence-electron chi connectivity index (χ3n) is 3.09. The van der Waals surface area contributed by atoms with Crippen LogP contribution in [0.15, 0.2) is 23.3 Å². The first kappa shape index (κ1) is 13.7. The van der Waals surface area contributed by atoms with Crippen molar-refractivity contribution in [3.05, 3.63) is 33.8 Å². The summed E-state index contributed by atoms with van der Waals surface area (Å²) in [6.07, 6.45) is 0. The Morgan fingerprint density at radius 1 is 1.17 bits per heavy atom. The average molecular weight is 286 g/mol. The quantitative estimate of drug-likeness (QED) is 0.778. The predicted octanol–water partition coefficient (Wildman–Crippen LogP) is 2.96. The standard InChI is InChI=1S/C13H17Cl2N3/c1-10(12-4-3-11(14)9-13(12)15)16-18-7-5-17(2)6-8-18/h3-4,9H,5-8H2,1-2H3/b16-10+. The molecule has 1 aromatic rings. The second-order valence-corrected chi connectivity index (χ2v) is 5.41. The minimum absolute atomic E-state index is 0.649. The van der Waals surface area contributed by atoms with Gasteiger partial charge < -0.3 is 4.90 Å². The highest BCUT2D eigenvalue weighted by atomic mass is 35.5. The van der Waals surface area contributed by atoms with Crippen LogP contribution in [-0.2, 0) is 0 Å². The lowest BCUT2D eigenvalue weighted by Crippen LogP contribution is -2.42. The Hall–Kier alpha value is -0.770. The molecule has 1 saturated heterocycles. The minimum atomic E-state index is 0.649. The van der Waals surface area contributed by atoms with E-state index in [0.717, 1.165) is 37.5 Å². The molecule has 18 heavy (non-hydrogen) atoms. The summed E-state index contributed by atoms with van der Waals surface area (Å²) in [7, 11) is 2.13. The molecule has 1 heterocycles. The van der Waals surface area contributed by atoms with Crippen LogP contribution in [-0.4, -0.2) is 48.8 Å². The number of likely N-dealkylation sites (N-methyl/N-ethyl adjacent to an activating group) is 1. The van der Waals surface area contributed by atoms with E-state index in [0.29, 0.717) is 10.0 Å². The molecule has 98 valence electrons. The van der Waals surface area contributed by atoms with E-state index >= 15 is 0 Å². The average Bonchev–Trinajstić information content (AvgIpc) is 2.32. The van der Waals surface area contributed by atoms with E-state index in [2.05, 4.69) is 22.1 Å². The summed E-state index contributed by atoms with van der Waals surface area (Å²) >= 11 is 12.1. The van der Waals surface area contributed by atoms with Crippen molar-refractivity contribution in [3.63, 3.8) is 0 Å². The number of rotatable bonds is 2. The Morgan fingerprint density at radius 2 is 1.83 bits per heavy atom. The highest BCUT2D eigenvalue weighted by Gasteiger charge is 2.13. The maximum Gasteiger partial charge on any atom is 0.0661 e. The smallest absolute Gasteiger partial charge is 0.0661 e. The number of hydrogen-bond acceptors (Lipinski definition) is 3. The molecular weight excluding hydrogens is 269 g/mol. The third kappa shape index (κ3) is 3.37. The van der Waals surface area contributed by atoms with Gasteiger partial charge in [-0.1, -0.05) is 29.3 Å². The van der Waals surface area contributed by atoms with Gasteiger partial charge in [0.05, 0.1) is 10.7 Å². The van der Waals surface area contributed by atoms with E-state index in [4.69, 9.17) is 23.2 Å². The van der Waals surface area contributed by atoms with Crippen LogP contribution in [0, 0.1) is 0 Å². The Kier molecular flexibility index (Phi) is 4.49. The fourth-order valence-electron chi connectivity index (χ4n) is 1.94. The second-order valence-electron chi connectivity index (χ2n) is 4.57. The highest BCUT2D eigenvalue weighted by Crippen LogP contribution is 2.21. The topological polar surface area (TPSA) is 18.8 Å². The molecule has 0 unspecified atom stereocenters. The van der Waals surface area contributed by atoms with E-state index in [1.54, 1.807) is 6.07 Å². The molecule has 0 atom stereocenters. The zero-order valence-electron chi connectivity index (χ0n) is 10.7. The SMILES string of the molecule is C/C(=N\N1CCN(C)CC1)c1ccc(Cl)cc1Cl. The summed E-state index contributed by atoms with van der Waals surface area (Å²) < 4.78 is 0. The normalized spacial score (nSPS) is 18.2. The maximum atomic E-state index is 6.17. The lowest BCUT2D eigenvalue weighted by molar-refractivity contribution is 0.159. The van der Waals surface area contributed by atoms with Crippen LogP contribution in [0.4, 0.5) is 0 Å². The van der Waals surface area contributed by atoms with Crippen molar-refractivity contribution in [2.45, 2.75) is 6.92 Å². The van der Waals surface area contributed by atoms with Gasteiger partial charge in [0, 0.05) is 36.8 Å². The van der Waals surface area contributed by atoms with Crippen LogP contribution in [0.3, 0.4) is 0 Å². The number of hydrogen-bond donors (Lipinski definition) is 0. The monoisotopic (exact) mass is 285 g/mol. The van der Waals surface area contributed by atoms with Crippen LogP contribution < -0.4 is 0 Å². The van der Waals surface area contributed by atoms with Crippen molar-refractivity contribution >= 4 is 28.9 Å². The summed E-state index contributed by atoms with van der Waals surface area (Å²) in [5.41, 5.74) is 1.88. The van der Waals surface area contributed by atoms with Crippen molar-refractivity contribution in [3.8, 4) is 0 Å². The van der Waals surface area contributed by atoms with Gasteiger partial charge in [0.25, 0.3) is 0 Å². The van der Waals surface area contributed by atoms with Crippen LogP contribution >= 0.6 is 23.2 Å². The molecule has 0 spiro atoms. The number of piperazine rings is 1. The van der Waals surface area contributed by atoms with Crippen LogP contribution in [0.2, 0.25) is 10.0 Å². The van der Waals surface area contributed by atoms with Gasteiger partial charge in [-0.05, 0) is 26.1 Å². The molecule has 0 radical (unpaired) electrons. The molecule has 1 aromatic carbocycles. The zero-order chi connectivity index (χ0) is 13.1. The molecule has 0 aromatic heterocycles. The molecule has 5 heteroatoms. The van der Waals surface area contributed by atoms with Gasteiger partial charge in [0.15, 0.2) is 0 Å². The molecule has 0 amide bonds. The Bertz CT molecular complexity index is 452. The van der Waals surface area contributed by atoms with Crippen molar-refractivity contribution in [2.75, 3.05) is 33.2 Å². The minimum Gasteiger partial charge on any atom is -0.303 e. The molecular formula is C13H17Cl2N3. The molecule has 0 aliphatic carbocycles. The lowest BCUT2D eigenvalue weighted by atomic mass is 10.1. The molecule has 1 aliphatic rings. The summed E-state index contributed by atoms with van der Waals surface area (Å²) in [6.45, 7) is 5.99. The van der Waals surface area contributed by atoms with Gasteiger partial charge in [-0.25, -0.2) is 0 Å². The van der Waals surface area contributed by atoms with Crippen LogP contribution in [0.25, 0.3) is 0 Å². The molecule has 1 fully saturated rings. The Balaban J connectivity index is 2.12. The number of nitrogens with zero attached hydrogens (tertiary/aromatic N) is 3. The lowest BCUT2D eigenvalue weighted by Gasteiger charge is -2.30. The van der Waals surface area contributed by atoms with Gasteiger partial charge in [-0.3, -0.25) is 5.01 Å². The zero-order valence-corrected chi connectivity index (χ0v) is 12.2. The van der Waals surface area contributed by atoms with Crippen molar-refractivity contribution in [1.82, 2.24) is 9.91 Å². The van der Waals surface area contributed by atoms with Gasteiger partial charge >= 0.3 is 0 Å². The number of benzene rings is 1. The largest absolute Gasteiger partial charge is 0.303 e. The first-order valence-corrected chi connectivity index (χ1v) is 6.76. The summed E-state index contributed by atoms with van der Waals surface area (Å²) in [5.74, 6) is 0. The number of halogens is 2. The first-order chi connectivity index (χ1) is 8.56. The fourth-order valence-corrected chi connectivity index (χ4v) is 2.49. The van der Waals surface area contributed by atoms with E-state index in [1.807, 2.05) is 19.1 Å². The number of hydrazone groups is 1. The van der Waals surface area contributed by atoms with Crippen molar-refractivity contribution in [2.24, 2.45) is 5.10 Å². The van der Waals surface area contributed by atoms with Crippen LogP contribution in [0.1, 0.15) is 12.5 Å². The van der Waals surface area contributed by atoms with E-state index < -0.39 is 0 Å². The molecule has 0 saturated carbocycles. The summed E-state index contributed by atoms with van der Waals surface area (Å²) in [5, 5.41) is 8.02. The van der Waals surface area contributed by atoms with E-state index in [-0.39, 0.29) is 0 Å². The highest BCUT2D eigenvalue weighted by molar-refractivity contribution is 6.36. The van der Waals surface area contributed by atoms with Crippen molar-refractivity contribution in [1.29, 1.82) is 0 Å². The molecule has 1 aliphatic heterocycles.